The van der Waals surface area contributed by atoms with E-state index in [0.717, 1.165) is 49.4 Å². The van der Waals surface area contributed by atoms with Gasteiger partial charge >= 0.3 is 0 Å². The molecule has 1 aliphatic carbocycles. The molecule has 2 aromatic rings. The summed E-state index contributed by atoms with van der Waals surface area (Å²) in [5.41, 5.74) is 1.16. The Morgan fingerprint density at radius 3 is 2.84 bits per heavy atom. The third kappa shape index (κ3) is 3.58. The number of anilines is 2. The van der Waals surface area contributed by atoms with Crippen LogP contribution in [-0.4, -0.2) is 40.3 Å². The van der Waals surface area contributed by atoms with Gasteiger partial charge < -0.3 is 15.3 Å². The van der Waals surface area contributed by atoms with Crippen LogP contribution in [0, 0.1) is 5.82 Å². The molecule has 2 N–H and O–H groups in total. The van der Waals surface area contributed by atoms with E-state index in [1.807, 2.05) is 18.2 Å². The zero-order valence-electron chi connectivity index (χ0n) is 14.1. The van der Waals surface area contributed by atoms with Gasteiger partial charge in [-0.1, -0.05) is 12.1 Å². The lowest BCUT2D eigenvalue weighted by Crippen LogP contribution is -2.42. The van der Waals surface area contributed by atoms with E-state index in [4.69, 9.17) is 0 Å². The summed E-state index contributed by atoms with van der Waals surface area (Å²) in [6, 6.07) is 9.16. The number of hydrogen-bond donors (Lipinski definition) is 2. The van der Waals surface area contributed by atoms with Crippen LogP contribution in [-0.2, 0) is 0 Å². The van der Waals surface area contributed by atoms with E-state index in [9.17, 15) is 9.50 Å². The van der Waals surface area contributed by atoms with Crippen molar-refractivity contribution in [1.82, 2.24) is 9.97 Å². The number of aromatic nitrogens is 2. The molecule has 1 saturated carbocycles. The molecule has 1 aromatic carbocycles. The number of aliphatic hydroxyl groups excluding tert-OH is 1. The number of hydrogen-bond acceptors (Lipinski definition) is 5. The maximum absolute atomic E-state index is 13.0. The molecule has 3 atom stereocenters. The van der Waals surface area contributed by atoms with E-state index < -0.39 is 0 Å². The highest BCUT2D eigenvalue weighted by Gasteiger charge is 2.38. The van der Waals surface area contributed by atoms with Crippen molar-refractivity contribution in [3.63, 3.8) is 0 Å². The molecule has 2 heterocycles. The predicted octanol–water partition coefficient (Wildman–Crippen LogP) is 2.93. The molecule has 2 aliphatic rings. The molecule has 0 radical (unpaired) electrons. The zero-order chi connectivity index (χ0) is 17.2. The lowest BCUT2D eigenvalue weighted by molar-refractivity contribution is 0.239. The second-order valence-electron chi connectivity index (χ2n) is 6.93. The summed E-state index contributed by atoms with van der Waals surface area (Å²) in [4.78, 5) is 10.9. The fraction of sp³-hybridized carbons (Fsp3) is 0.474. The number of nitrogens with one attached hydrogen (secondary N) is 1. The van der Waals surface area contributed by atoms with Crippen LogP contribution in [0.4, 0.5) is 16.0 Å². The normalized spacial score (nSPS) is 25.7. The highest BCUT2D eigenvalue weighted by molar-refractivity contribution is 5.51. The van der Waals surface area contributed by atoms with Gasteiger partial charge in [-0.3, -0.25) is 0 Å². The first-order chi connectivity index (χ1) is 12.2. The molecular formula is C19H23FN4O. The molecular weight excluding hydrogens is 319 g/mol. The molecule has 0 spiro atoms. The molecule has 1 saturated heterocycles. The first-order valence-corrected chi connectivity index (χ1v) is 8.96. The fourth-order valence-electron chi connectivity index (χ4n) is 3.70. The first kappa shape index (κ1) is 16.3. The molecule has 1 aliphatic heterocycles. The minimum Gasteiger partial charge on any atom is -0.394 e. The highest BCUT2D eigenvalue weighted by atomic mass is 19.1. The van der Waals surface area contributed by atoms with E-state index >= 15 is 0 Å². The van der Waals surface area contributed by atoms with Gasteiger partial charge in [-0.2, -0.15) is 0 Å². The molecule has 25 heavy (non-hydrogen) atoms. The van der Waals surface area contributed by atoms with E-state index in [-0.39, 0.29) is 18.5 Å². The van der Waals surface area contributed by atoms with Gasteiger partial charge in [-0.15, -0.1) is 0 Å². The summed E-state index contributed by atoms with van der Waals surface area (Å²) in [7, 11) is 0. The van der Waals surface area contributed by atoms with Gasteiger partial charge in [0.15, 0.2) is 0 Å². The summed E-state index contributed by atoms with van der Waals surface area (Å²) < 4.78 is 13.0. The Hall–Kier alpha value is -2.21. The van der Waals surface area contributed by atoms with Crippen molar-refractivity contribution < 1.29 is 9.50 Å². The number of rotatable bonds is 5. The van der Waals surface area contributed by atoms with Crippen molar-refractivity contribution in [2.24, 2.45) is 0 Å². The third-order valence-electron chi connectivity index (χ3n) is 5.21. The summed E-state index contributed by atoms with van der Waals surface area (Å²) in [6.45, 7) is 1.07. The minimum absolute atomic E-state index is 0.143. The van der Waals surface area contributed by atoms with Crippen molar-refractivity contribution in [3.8, 4) is 0 Å². The van der Waals surface area contributed by atoms with Crippen LogP contribution in [0.5, 0.6) is 0 Å². The van der Waals surface area contributed by atoms with Crippen LogP contribution in [0.25, 0.3) is 0 Å². The standard InChI is InChI=1S/C19H23FN4O/c20-14-6-4-13(5-7-14)16-9-17(16)23-18-10-19(22-12-21-18)24-8-2-1-3-15(24)11-25/h4-7,10,12,15-17,25H,1-3,8-9,11H2,(H,21,22,23)/t15?,16-,17+/m0/s1. The lowest BCUT2D eigenvalue weighted by Gasteiger charge is -2.35. The van der Waals surface area contributed by atoms with Crippen LogP contribution in [0.3, 0.4) is 0 Å². The number of benzene rings is 1. The molecule has 0 bridgehead atoms. The van der Waals surface area contributed by atoms with Gasteiger partial charge in [0, 0.05) is 24.6 Å². The predicted molar refractivity (Wildman–Crippen MR) is 95.3 cm³/mol. The van der Waals surface area contributed by atoms with Gasteiger partial charge in [0.05, 0.1) is 12.6 Å². The molecule has 0 amide bonds. The Morgan fingerprint density at radius 1 is 1.20 bits per heavy atom. The largest absolute Gasteiger partial charge is 0.394 e. The van der Waals surface area contributed by atoms with Crippen LogP contribution in [0.1, 0.15) is 37.2 Å². The van der Waals surface area contributed by atoms with Crippen molar-refractivity contribution in [1.29, 1.82) is 0 Å². The van der Waals surface area contributed by atoms with Gasteiger partial charge in [0.1, 0.15) is 23.8 Å². The van der Waals surface area contributed by atoms with Crippen LogP contribution in [0.2, 0.25) is 0 Å². The van der Waals surface area contributed by atoms with Crippen LogP contribution >= 0.6 is 0 Å². The molecule has 1 aromatic heterocycles. The molecule has 1 unspecified atom stereocenters. The second-order valence-corrected chi connectivity index (χ2v) is 6.93. The quantitative estimate of drug-likeness (QED) is 0.875. The molecule has 6 heteroatoms. The van der Waals surface area contributed by atoms with Crippen molar-refractivity contribution in [2.45, 2.75) is 43.7 Å². The van der Waals surface area contributed by atoms with Gasteiger partial charge in [0.25, 0.3) is 0 Å². The van der Waals surface area contributed by atoms with Gasteiger partial charge in [-0.05, 0) is 43.4 Å². The molecule has 132 valence electrons. The third-order valence-corrected chi connectivity index (χ3v) is 5.21. The topological polar surface area (TPSA) is 61.3 Å². The number of nitrogens with zero attached hydrogens (tertiary/aromatic N) is 3. The first-order valence-electron chi connectivity index (χ1n) is 8.96. The van der Waals surface area contributed by atoms with Gasteiger partial charge in [0.2, 0.25) is 0 Å². The van der Waals surface area contributed by atoms with Crippen LogP contribution in [0.15, 0.2) is 36.7 Å². The number of piperidine rings is 1. The molecule has 4 rings (SSSR count). The Labute approximate surface area is 146 Å². The average molecular weight is 342 g/mol. The van der Waals surface area contributed by atoms with Crippen LogP contribution < -0.4 is 10.2 Å². The molecule has 2 fully saturated rings. The maximum atomic E-state index is 13.0. The SMILES string of the molecule is OCC1CCCCN1c1cc(N[C@@H]2C[C@H]2c2ccc(F)cc2)ncn1. The zero-order valence-corrected chi connectivity index (χ0v) is 14.1. The van der Waals surface area contributed by atoms with E-state index in [0.29, 0.717) is 12.0 Å². The van der Waals surface area contributed by atoms with Gasteiger partial charge in [-0.25, -0.2) is 14.4 Å². The fourth-order valence-corrected chi connectivity index (χ4v) is 3.70. The number of aliphatic hydroxyl groups is 1. The lowest BCUT2D eigenvalue weighted by atomic mass is 10.0. The summed E-state index contributed by atoms with van der Waals surface area (Å²) in [5.74, 6) is 1.88. The summed E-state index contributed by atoms with van der Waals surface area (Å²) in [6.07, 6.45) is 5.88. The number of halogens is 1. The van der Waals surface area contributed by atoms with E-state index in [2.05, 4.69) is 20.2 Å². The Balaban J connectivity index is 1.43. The Morgan fingerprint density at radius 2 is 2.04 bits per heavy atom. The highest BCUT2D eigenvalue weighted by Crippen LogP contribution is 2.42. The summed E-state index contributed by atoms with van der Waals surface area (Å²) in [5, 5.41) is 13.1. The minimum atomic E-state index is -0.200. The Kier molecular flexibility index (Phi) is 4.53. The Bertz CT molecular complexity index is 724. The van der Waals surface area contributed by atoms with Crippen molar-refractivity contribution in [2.75, 3.05) is 23.4 Å². The average Bonchev–Trinajstić information content (AvgIpc) is 3.41. The van der Waals surface area contributed by atoms with Crippen molar-refractivity contribution >= 4 is 11.6 Å². The van der Waals surface area contributed by atoms with E-state index in [1.165, 1.54) is 12.1 Å². The van der Waals surface area contributed by atoms with Crippen molar-refractivity contribution in [3.05, 3.63) is 48.0 Å². The smallest absolute Gasteiger partial charge is 0.134 e. The monoisotopic (exact) mass is 342 g/mol. The second kappa shape index (κ2) is 6.96. The molecule has 5 nitrogen and oxygen atoms in total. The maximum Gasteiger partial charge on any atom is 0.134 e. The van der Waals surface area contributed by atoms with E-state index in [1.54, 1.807) is 6.33 Å². The summed E-state index contributed by atoms with van der Waals surface area (Å²) >= 11 is 0.